The molecule has 2 aromatic rings. The molecule has 0 aliphatic carbocycles. The first kappa shape index (κ1) is 22.0. The number of hydrogen-bond donors (Lipinski definition) is 3. The molecule has 2 aliphatic rings. The predicted octanol–water partition coefficient (Wildman–Crippen LogP) is 2.01. The summed E-state index contributed by atoms with van der Waals surface area (Å²) in [6, 6.07) is 10.3. The monoisotopic (exact) mass is 444 g/mol. The Bertz CT molecular complexity index is 985. The lowest BCUT2D eigenvalue weighted by Gasteiger charge is -2.36. The van der Waals surface area contributed by atoms with Gasteiger partial charge in [0.1, 0.15) is 11.9 Å². The van der Waals surface area contributed by atoms with Crippen LogP contribution in [0.3, 0.4) is 0 Å². The van der Waals surface area contributed by atoms with Gasteiger partial charge in [-0.1, -0.05) is 12.1 Å². The van der Waals surface area contributed by atoms with Crippen molar-refractivity contribution in [3.8, 4) is 11.5 Å². The van der Waals surface area contributed by atoms with Gasteiger partial charge in [-0.3, -0.25) is 9.59 Å². The lowest BCUT2D eigenvalue weighted by atomic mass is 9.96. The summed E-state index contributed by atoms with van der Waals surface area (Å²) >= 11 is 0. The van der Waals surface area contributed by atoms with Gasteiger partial charge in [-0.15, -0.1) is 0 Å². The van der Waals surface area contributed by atoms with Crippen molar-refractivity contribution in [3.05, 3.63) is 59.4 Å². The first-order valence-electron chi connectivity index (χ1n) is 10.5. The molecule has 0 saturated carbocycles. The van der Waals surface area contributed by atoms with Gasteiger partial charge >= 0.3 is 0 Å². The third-order valence-corrected chi connectivity index (χ3v) is 5.62. The van der Waals surface area contributed by atoms with E-state index in [1.807, 2.05) is 0 Å². The quantitative estimate of drug-likeness (QED) is 0.603. The standard InChI is InChI=1S/C23H25FN2O6/c24-17-4-2-1-3-16(17)23(29)26-18-7-6-15(32-21(18)12-27)9-10-25-22(28)14-5-8-19-20(11-14)31-13-30-19/h1-5,8,11,15,18,21,27H,6-7,9-10,12-13H2,(H,25,28)(H,26,29)/t15-,18+,21-/m1/s1. The highest BCUT2D eigenvalue weighted by Crippen LogP contribution is 2.32. The molecule has 1 saturated heterocycles. The van der Waals surface area contributed by atoms with Gasteiger partial charge in [-0.25, -0.2) is 4.39 Å². The van der Waals surface area contributed by atoms with Crippen LogP contribution < -0.4 is 20.1 Å². The maximum absolute atomic E-state index is 13.8. The zero-order valence-corrected chi connectivity index (χ0v) is 17.4. The van der Waals surface area contributed by atoms with Gasteiger partial charge in [0.05, 0.1) is 24.3 Å². The number of halogens is 1. The molecule has 4 rings (SSSR count). The summed E-state index contributed by atoms with van der Waals surface area (Å²) in [5.41, 5.74) is 0.431. The molecule has 1 fully saturated rings. The number of rotatable bonds is 7. The maximum atomic E-state index is 13.8. The van der Waals surface area contributed by atoms with Gasteiger partial charge in [0, 0.05) is 12.1 Å². The first-order chi connectivity index (χ1) is 15.5. The van der Waals surface area contributed by atoms with Crippen LogP contribution in [0.25, 0.3) is 0 Å². The van der Waals surface area contributed by atoms with Gasteiger partial charge in [0.2, 0.25) is 6.79 Å². The lowest BCUT2D eigenvalue weighted by Crippen LogP contribution is -2.51. The van der Waals surface area contributed by atoms with E-state index < -0.39 is 23.9 Å². The van der Waals surface area contributed by atoms with Crippen molar-refractivity contribution in [1.82, 2.24) is 10.6 Å². The molecule has 2 heterocycles. The van der Waals surface area contributed by atoms with Crippen molar-refractivity contribution < 1.29 is 33.3 Å². The highest BCUT2D eigenvalue weighted by atomic mass is 19.1. The third kappa shape index (κ3) is 5.00. The normalized spacial score (nSPS) is 21.8. The molecule has 2 aromatic carbocycles. The Labute approximate surface area is 184 Å². The van der Waals surface area contributed by atoms with Gasteiger partial charge < -0.3 is 30.0 Å². The number of benzene rings is 2. The Morgan fingerprint density at radius 2 is 1.88 bits per heavy atom. The number of hydrogen-bond acceptors (Lipinski definition) is 6. The van der Waals surface area contributed by atoms with E-state index in [2.05, 4.69) is 10.6 Å². The summed E-state index contributed by atoms with van der Waals surface area (Å²) in [6.07, 6.45) is 0.992. The van der Waals surface area contributed by atoms with Crippen LogP contribution >= 0.6 is 0 Å². The van der Waals surface area contributed by atoms with Crippen LogP contribution in [0.2, 0.25) is 0 Å². The number of carbonyl (C=O) groups excluding carboxylic acids is 2. The van der Waals surface area contributed by atoms with Crippen LogP contribution in [0.5, 0.6) is 11.5 Å². The molecule has 3 atom stereocenters. The molecule has 0 aromatic heterocycles. The zero-order chi connectivity index (χ0) is 22.5. The van der Waals surface area contributed by atoms with E-state index in [9.17, 15) is 19.1 Å². The predicted molar refractivity (Wildman–Crippen MR) is 112 cm³/mol. The SMILES string of the molecule is O=C(NCC[C@H]1CC[C@H](NC(=O)c2ccccc2F)[C@@H](CO)O1)c1ccc2c(c1)OCO2. The van der Waals surface area contributed by atoms with E-state index in [1.165, 1.54) is 18.2 Å². The first-order valence-corrected chi connectivity index (χ1v) is 10.5. The fourth-order valence-corrected chi connectivity index (χ4v) is 3.89. The van der Waals surface area contributed by atoms with Gasteiger partial charge in [0.15, 0.2) is 11.5 Å². The Morgan fingerprint density at radius 1 is 1.06 bits per heavy atom. The van der Waals surface area contributed by atoms with Gasteiger partial charge in [-0.2, -0.15) is 0 Å². The van der Waals surface area contributed by atoms with Crippen molar-refractivity contribution in [1.29, 1.82) is 0 Å². The summed E-state index contributed by atoms with van der Waals surface area (Å²) in [5.74, 6) is -0.206. The maximum Gasteiger partial charge on any atom is 0.254 e. The number of amides is 2. The average molecular weight is 444 g/mol. The van der Waals surface area contributed by atoms with E-state index in [0.29, 0.717) is 42.9 Å². The molecule has 0 unspecified atom stereocenters. The van der Waals surface area contributed by atoms with E-state index >= 15 is 0 Å². The molecular formula is C23H25FN2O6. The molecule has 8 nitrogen and oxygen atoms in total. The van der Waals surface area contributed by atoms with Crippen molar-refractivity contribution in [2.45, 2.75) is 37.5 Å². The van der Waals surface area contributed by atoms with Crippen molar-refractivity contribution in [3.63, 3.8) is 0 Å². The summed E-state index contributed by atoms with van der Waals surface area (Å²) in [5, 5.41) is 15.3. The second-order valence-corrected chi connectivity index (χ2v) is 7.73. The van der Waals surface area contributed by atoms with Gasteiger partial charge in [0.25, 0.3) is 11.8 Å². The molecule has 0 spiro atoms. The molecule has 3 N–H and O–H groups in total. The second-order valence-electron chi connectivity index (χ2n) is 7.73. The van der Waals surface area contributed by atoms with Crippen LogP contribution in [-0.2, 0) is 4.74 Å². The van der Waals surface area contributed by atoms with E-state index in [1.54, 1.807) is 24.3 Å². The molecule has 2 amide bonds. The molecular weight excluding hydrogens is 419 g/mol. The number of aliphatic hydroxyl groups excluding tert-OH is 1. The number of aliphatic hydroxyl groups is 1. The molecule has 2 aliphatic heterocycles. The van der Waals surface area contributed by atoms with Crippen molar-refractivity contribution in [2.24, 2.45) is 0 Å². The van der Waals surface area contributed by atoms with Crippen molar-refractivity contribution >= 4 is 11.8 Å². The van der Waals surface area contributed by atoms with Crippen LogP contribution in [0.1, 0.15) is 40.0 Å². The fraction of sp³-hybridized carbons (Fsp3) is 0.391. The molecule has 32 heavy (non-hydrogen) atoms. The molecule has 170 valence electrons. The number of nitrogens with one attached hydrogen (secondary N) is 2. The average Bonchev–Trinajstić information content (AvgIpc) is 3.28. The van der Waals surface area contributed by atoms with Gasteiger partial charge in [-0.05, 0) is 49.6 Å². The summed E-state index contributed by atoms with van der Waals surface area (Å²) < 4.78 is 30.3. The Kier molecular flexibility index (Phi) is 6.87. The number of ether oxygens (including phenoxy) is 3. The minimum atomic E-state index is -0.603. The van der Waals surface area contributed by atoms with E-state index in [4.69, 9.17) is 14.2 Å². The summed E-state index contributed by atoms with van der Waals surface area (Å²) in [7, 11) is 0. The number of carbonyl (C=O) groups is 2. The Hall–Kier alpha value is -3.17. The summed E-state index contributed by atoms with van der Waals surface area (Å²) in [6.45, 7) is 0.262. The summed E-state index contributed by atoms with van der Waals surface area (Å²) in [4.78, 5) is 24.8. The highest BCUT2D eigenvalue weighted by molar-refractivity contribution is 5.95. The van der Waals surface area contributed by atoms with Crippen LogP contribution in [-0.4, -0.2) is 55.1 Å². The molecule has 9 heteroatoms. The highest BCUT2D eigenvalue weighted by Gasteiger charge is 2.32. The minimum Gasteiger partial charge on any atom is -0.454 e. The smallest absolute Gasteiger partial charge is 0.254 e. The van der Waals surface area contributed by atoms with E-state index in [-0.39, 0.29) is 31.0 Å². The Morgan fingerprint density at radius 3 is 2.69 bits per heavy atom. The largest absolute Gasteiger partial charge is 0.454 e. The Balaban J connectivity index is 1.25. The zero-order valence-electron chi connectivity index (χ0n) is 17.4. The topological polar surface area (TPSA) is 106 Å². The van der Waals surface area contributed by atoms with Crippen LogP contribution in [0.15, 0.2) is 42.5 Å². The van der Waals surface area contributed by atoms with Crippen LogP contribution in [0, 0.1) is 5.82 Å². The van der Waals surface area contributed by atoms with Crippen molar-refractivity contribution in [2.75, 3.05) is 19.9 Å². The molecule has 0 bridgehead atoms. The molecule has 0 radical (unpaired) electrons. The fourth-order valence-electron chi connectivity index (χ4n) is 3.89. The third-order valence-electron chi connectivity index (χ3n) is 5.62. The van der Waals surface area contributed by atoms with E-state index in [0.717, 1.165) is 0 Å². The van der Waals surface area contributed by atoms with Crippen LogP contribution in [0.4, 0.5) is 4.39 Å². The number of fused-ring (bicyclic) bond motifs is 1. The second kappa shape index (κ2) is 9.97. The minimum absolute atomic E-state index is 0.0439. The lowest BCUT2D eigenvalue weighted by molar-refractivity contribution is -0.0893.